The van der Waals surface area contributed by atoms with E-state index in [0.29, 0.717) is 12.3 Å². The Morgan fingerprint density at radius 2 is 1.86 bits per heavy atom. The Labute approximate surface area is 174 Å². The van der Waals surface area contributed by atoms with E-state index in [0.717, 1.165) is 55.0 Å². The molecule has 156 valence electrons. The van der Waals surface area contributed by atoms with Crippen LogP contribution >= 0.6 is 11.3 Å². The van der Waals surface area contributed by atoms with Gasteiger partial charge in [0.1, 0.15) is 5.84 Å². The largest absolute Gasteiger partial charge is 0.387 e. The van der Waals surface area contributed by atoms with Gasteiger partial charge in [0, 0.05) is 30.0 Å². The molecule has 0 bridgehead atoms. The number of amides is 1. The molecule has 0 saturated heterocycles. The highest BCUT2D eigenvalue weighted by molar-refractivity contribution is 7.13. The van der Waals surface area contributed by atoms with Gasteiger partial charge in [0.25, 0.3) is 0 Å². The van der Waals surface area contributed by atoms with Gasteiger partial charge < -0.3 is 15.5 Å². The van der Waals surface area contributed by atoms with Crippen molar-refractivity contribution in [1.82, 2.24) is 9.80 Å². The second-order valence-corrected chi connectivity index (χ2v) is 8.99. The minimum atomic E-state index is 0.105. The fourth-order valence-electron chi connectivity index (χ4n) is 3.46. The molecule has 0 aliphatic carbocycles. The van der Waals surface area contributed by atoms with E-state index in [1.807, 2.05) is 11.0 Å². The summed E-state index contributed by atoms with van der Waals surface area (Å²) >= 11 is 1.75. The number of unbranched alkanes of at least 4 members (excludes halogenated alkanes) is 2. The van der Waals surface area contributed by atoms with Crippen molar-refractivity contribution >= 4 is 34.8 Å². The average Bonchev–Trinajstić information content (AvgIpc) is 2.93. The molecule has 1 aliphatic rings. The van der Waals surface area contributed by atoms with E-state index in [1.54, 1.807) is 11.3 Å². The van der Waals surface area contributed by atoms with Crippen LogP contribution in [0.25, 0.3) is 6.08 Å². The van der Waals surface area contributed by atoms with Crippen LogP contribution in [0.4, 0.5) is 5.69 Å². The number of hydrogen-bond acceptors (Lipinski definition) is 5. The van der Waals surface area contributed by atoms with Crippen LogP contribution in [0.1, 0.15) is 62.1 Å². The summed E-state index contributed by atoms with van der Waals surface area (Å²) in [5.41, 5.74) is 7.83. The van der Waals surface area contributed by atoms with Gasteiger partial charge in [-0.25, -0.2) is 4.99 Å². The molecule has 2 N–H and O–H groups in total. The number of rotatable bonds is 11. The SMILES string of the molecule is CCCN(CCC)C(=O)C1=Cc2sc(CCCCCN(C)C)cc2N=C(N)C1. The molecule has 5 nitrogen and oxygen atoms in total. The molecule has 0 unspecified atom stereocenters. The van der Waals surface area contributed by atoms with Crippen LogP contribution in [0.15, 0.2) is 16.6 Å². The second-order valence-electron chi connectivity index (χ2n) is 7.82. The van der Waals surface area contributed by atoms with Gasteiger partial charge in [-0.2, -0.15) is 0 Å². The van der Waals surface area contributed by atoms with Crippen molar-refractivity contribution in [2.75, 3.05) is 33.7 Å². The zero-order valence-electron chi connectivity index (χ0n) is 18.0. The molecule has 1 aromatic rings. The number of carbonyl (C=O) groups is 1. The molecule has 6 heteroatoms. The number of aliphatic imine (C=N–C) groups is 1. The van der Waals surface area contributed by atoms with E-state index >= 15 is 0 Å². The molecular formula is C22H36N4OS. The van der Waals surface area contributed by atoms with Crippen molar-refractivity contribution in [2.45, 2.75) is 58.8 Å². The quantitative estimate of drug-likeness (QED) is 0.554. The molecule has 28 heavy (non-hydrogen) atoms. The Balaban J connectivity index is 2.09. The molecule has 0 saturated carbocycles. The van der Waals surface area contributed by atoms with Crippen molar-refractivity contribution in [1.29, 1.82) is 0 Å². The van der Waals surface area contributed by atoms with Gasteiger partial charge in [0.05, 0.1) is 10.6 Å². The molecule has 1 aromatic heterocycles. The van der Waals surface area contributed by atoms with Gasteiger partial charge in [0.15, 0.2) is 0 Å². The summed E-state index contributed by atoms with van der Waals surface area (Å²) in [7, 11) is 4.23. The van der Waals surface area contributed by atoms with E-state index in [9.17, 15) is 4.79 Å². The number of nitrogens with zero attached hydrogens (tertiary/aromatic N) is 3. The maximum atomic E-state index is 13.0. The Bertz CT molecular complexity index is 699. The van der Waals surface area contributed by atoms with Crippen LogP contribution in [0.5, 0.6) is 0 Å². The van der Waals surface area contributed by atoms with E-state index in [2.05, 4.69) is 43.9 Å². The molecule has 1 amide bonds. The standard InChI is InChI=1S/C22H36N4OS/c1-5-11-26(12-6-2)22(27)17-14-20-19(24-21(23)15-17)16-18(28-20)10-8-7-9-13-25(3)4/h14,16H,5-13,15H2,1-4H3,(H2,23,24). The van der Waals surface area contributed by atoms with Crippen molar-refractivity contribution in [3.63, 3.8) is 0 Å². The molecule has 0 atom stereocenters. The number of nitrogens with two attached hydrogens (primary N) is 1. The van der Waals surface area contributed by atoms with Gasteiger partial charge in [-0.1, -0.05) is 20.3 Å². The molecular weight excluding hydrogens is 368 g/mol. The lowest BCUT2D eigenvalue weighted by Gasteiger charge is -2.22. The Hall–Kier alpha value is -1.66. The van der Waals surface area contributed by atoms with Crippen LogP contribution in [0, 0.1) is 0 Å². The van der Waals surface area contributed by atoms with E-state index in [-0.39, 0.29) is 5.91 Å². The van der Waals surface area contributed by atoms with Crippen molar-refractivity contribution in [3.05, 3.63) is 21.4 Å². The number of thiophene rings is 1. The highest BCUT2D eigenvalue weighted by Gasteiger charge is 2.21. The molecule has 0 fully saturated rings. The highest BCUT2D eigenvalue weighted by atomic mass is 32.1. The van der Waals surface area contributed by atoms with E-state index < -0.39 is 0 Å². The average molecular weight is 405 g/mol. The lowest BCUT2D eigenvalue weighted by atomic mass is 10.1. The first-order valence-electron chi connectivity index (χ1n) is 10.5. The lowest BCUT2D eigenvalue weighted by Crippen LogP contribution is -2.34. The zero-order valence-corrected chi connectivity index (χ0v) is 18.8. The van der Waals surface area contributed by atoms with Gasteiger partial charge >= 0.3 is 0 Å². The topological polar surface area (TPSA) is 61.9 Å². The molecule has 1 aliphatic heterocycles. The summed E-state index contributed by atoms with van der Waals surface area (Å²) < 4.78 is 0. The minimum absolute atomic E-state index is 0.105. The molecule has 0 radical (unpaired) electrons. The molecule has 2 rings (SSSR count). The fraction of sp³-hybridized carbons (Fsp3) is 0.636. The summed E-state index contributed by atoms with van der Waals surface area (Å²) in [5.74, 6) is 0.634. The third-order valence-electron chi connectivity index (χ3n) is 4.81. The first kappa shape index (κ1) is 22.6. The highest BCUT2D eigenvalue weighted by Crippen LogP contribution is 2.35. The number of fused-ring (bicyclic) bond motifs is 1. The van der Waals surface area contributed by atoms with Gasteiger partial charge in [-0.3, -0.25) is 4.79 Å². The Morgan fingerprint density at radius 1 is 1.14 bits per heavy atom. The minimum Gasteiger partial charge on any atom is -0.387 e. The van der Waals surface area contributed by atoms with Crippen LogP contribution < -0.4 is 5.73 Å². The first-order chi connectivity index (χ1) is 13.4. The number of hydrogen-bond donors (Lipinski definition) is 1. The number of amidine groups is 1. The lowest BCUT2D eigenvalue weighted by molar-refractivity contribution is -0.127. The first-order valence-corrected chi connectivity index (χ1v) is 11.4. The van der Waals surface area contributed by atoms with Crippen LogP contribution in [0.3, 0.4) is 0 Å². The van der Waals surface area contributed by atoms with Crippen LogP contribution in [-0.2, 0) is 11.2 Å². The maximum Gasteiger partial charge on any atom is 0.250 e. The monoisotopic (exact) mass is 404 g/mol. The third kappa shape index (κ3) is 6.74. The van der Waals surface area contributed by atoms with Crippen molar-refractivity contribution in [3.8, 4) is 0 Å². The summed E-state index contributed by atoms with van der Waals surface area (Å²) in [5, 5.41) is 0. The Morgan fingerprint density at radius 3 is 2.50 bits per heavy atom. The van der Waals surface area contributed by atoms with Crippen LogP contribution in [0.2, 0.25) is 0 Å². The molecule has 2 heterocycles. The third-order valence-corrected chi connectivity index (χ3v) is 5.94. The number of aryl methyl sites for hydroxylation is 1. The summed E-state index contributed by atoms with van der Waals surface area (Å²) in [4.78, 5) is 24.2. The van der Waals surface area contributed by atoms with Gasteiger partial charge in [-0.15, -0.1) is 11.3 Å². The molecule has 0 aromatic carbocycles. The van der Waals surface area contributed by atoms with E-state index in [4.69, 9.17) is 5.73 Å². The fourth-order valence-corrected chi connectivity index (χ4v) is 4.57. The van der Waals surface area contributed by atoms with E-state index in [1.165, 1.54) is 24.1 Å². The van der Waals surface area contributed by atoms with Crippen LogP contribution in [-0.4, -0.2) is 55.3 Å². The zero-order chi connectivity index (χ0) is 20.5. The number of carbonyl (C=O) groups excluding carboxylic acids is 1. The maximum absolute atomic E-state index is 13.0. The normalized spacial score (nSPS) is 13.8. The summed E-state index contributed by atoms with van der Waals surface area (Å²) in [6.07, 6.45) is 9.10. The van der Waals surface area contributed by atoms with Gasteiger partial charge in [0.2, 0.25) is 5.91 Å². The van der Waals surface area contributed by atoms with Crippen molar-refractivity contribution in [2.24, 2.45) is 10.7 Å². The Kier molecular flexibility index (Phi) is 9.19. The smallest absolute Gasteiger partial charge is 0.250 e. The predicted molar refractivity (Wildman–Crippen MR) is 121 cm³/mol. The van der Waals surface area contributed by atoms with Crippen molar-refractivity contribution < 1.29 is 4.79 Å². The second kappa shape index (κ2) is 11.4. The predicted octanol–water partition coefficient (Wildman–Crippen LogP) is 4.45. The molecule has 0 spiro atoms. The van der Waals surface area contributed by atoms with Gasteiger partial charge in [-0.05, 0) is 64.9 Å². The summed E-state index contributed by atoms with van der Waals surface area (Å²) in [6.45, 7) is 6.93. The summed E-state index contributed by atoms with van der Waals surface area (Å²) in [6, 6.07) is 2.15.